The van der Waals surface area contributed by atoms with Crippen LogP contribution in [-0.2, 0) is 6.54 Å². The minimum atomic E-state index is -0.893. The van der Waals surface area contributed by atoms with Gasteiger partial charge in [0, 0.05) is 18.3 Å². The fourth-order valence-corrected chi connectivity index (χ4v) is 1.79. The van der Waals surface area contributed by atoms with Crippen LogP contribution in [0.5, 0.6) is 0 Å². The van der Waals surface area contributed by atoms with Gasteiger partial charge in [0.05, 0.1) is 5.56 Å². The molecule has 104 valence electrons. The second-order valence-corrected chi connectivity index (χ2v) is 4.43. The molecular formula is C15H14F2N2O. The van der Waals surface area contributed by atoms with Crippen molar-refractivity contribution in [3.8, 4) is 0 Å². The zero-order valence-electron chi connectivity index (χ0n) is 10.9. The average molecular weight is 276 g/mol. The van der Waals surface area contributed by atoms with E-state index in [0.29, 0.717) is 18.3 Å². The van der Waals surface area contributed by atoms with E-state index in [9.17, 15) is 13.6 Å². The number of anilines is 1. The van der Waals surface area contributed by atoms with Gasteiger partial charge < -0.3 is 11.1 Å². The second-order valence-electron chi connectivity index (χ2n) is 4.43. The largest absolute Gasteiger partial charge is 0.326 e. The van der Waals surface area contributed by atoms with Gasteiger partial charge in [0.15, 0.2) is 0 Å². The molecule has 3 N–H and O–H groups in total. The van der Waals surface area contributed by atoms with Crippen molar-refractivity contribution in [2.45, 2.75) is 13.5 Å². The Kier molecular flexibility index (Phi) is 4.10. The van der Waals surface area contributed by atoms with Gasteiger partial charge in [0.1, 0.15) is 11.6 Å². The summed E-state index contributed by atoms with van der Waals surface area (Å²) < 4.78 is 26.3. The lowest BCUT2D eigenvalue weighted by atomic mass is 10.1. The van der Waals surface area contributed by atoms with Crippen molar-refractivity contribution in [1.82, 2.24) is 0 Å². The Labute approximate surface area is 115 Å². The van der Waals surface area contributed by atoms with Crippen LogP contribution in [0.25, 0.3) is 0 Å². The van der Waals surface area contributed by atoms with Gasteiger partial charge in [-0.05, 0) is 36.2 Å². The Morgan fingerprint density at radius 3 is 2.60 bits per heavy atom. The zero-order valence-corrected chi connectivity index (χ0v) is 10.9. The minimum Gasteiger partial charge on any atom is -0.326 e. The van der Waals surface area contributed by atoms with E-state index in [1.807, 2.05) is 19.1 Å². The van der Waals surface area contributed by atoms with E-state index in [1.165, 1.54) is 0 Å². The Morgan fingerprint density at radius 2 is 1.95 bits per heavy atom. The molecule has 2 rings (SSSR count). The molecule has 0 aromatic heterocycles. The van der Waals surface area contributed by atoms with Gasteiger partial charge in [-0.15, -0.1) is 0 Å². The number of carbonyl (C=O) groups excluding carboxylic acids is 1. The number of nitrogens with one attached hydrogen (secondary N) is 1. The Hall–Kier alpha value is -2.27. The molecule has 2 aromatic carbocycles. The lowest BCUT2D eigenvalue weighted by Crippen LogP contribution is -2.15. The number of amides is 1. The highest BCUT2D eigenvalue weighted by Gasteiger charge is 2.13. The van der Waals surface area contributed by atoms with E-state index in [-0.39, 0.29) is 5.56 Å². The molecule has 3 nitrogen and oxygen atoms in total. The maximum absolute atomic E-state index is 13.5. The van der Waals surface area contributed by atoms with Crippen molar-refractivity contribution in [3.63, 3.8) is 0 Å². The highest BCUT2D eigenvalue weighted by Crippen LogP contribution is 2.19. The molecule has 0 atom stereocenters. The van der Waals surface area contributed by atoms with Crippen LogP contribution in [0, 0.1) is 18.6 Å². The summed E-state index contributed by atoms with van der Waals surface area (Å²) in [6.07, 6.45) is 0. The molecule has 2 aromatic rings. The highest BCUT2D eigenvalue weighted by molar-refractivity contribution is 6.04. The maximum atomic E-state index is 13.5. The number of aryl methyl sites for hydroxylation is 1. The molecule has 0 spiro atoms. The van der Waals surface area contributed by atoms with Crippen LogP contribution in [0.15, 0.2) is 36.4 Å². The summed E-state index contributed by atoms with van der Waals surface area (Å²) in [6, 6.07) is 8.23. The van der Waals surface area contributed by atoms with E-state index < -0.39 is 17.5 Å². The van der Waals surface area contributed by atoms with Crippen LogP contribution < -0.4 is 11.1 Å². The topological polar surface area (TPSA) is 55.1 Å². The summed E-state index contributed by atoms with van der Waals surface area (Å²) in [5, 5.41) is 2.60. The van der Waals surface area contributed by atoms with Crippen LogP contribution >= 0.6 is 0 Å². The molecular weight excluding hydrogens is 262 g/mol. The van der Waals surface area contributed by atoms with Crippen molar-refractivity contribution in [3.05, 3.63) is 64.7 Å². The number of hydrogen-bond acceptors (Lipinski definition) is 2. The number of carbonyl (C=O) groups is 1. The molecule has 1 amide bonds. The first-order chi connectivity index (χ1) is 9.51. The first-order valence-corrected chi connectivity index (χ1v) is 6.07. The predicted molar refractivity (Wildman–Crippen MR) is 73.4 cm³/mol. The lowest BCUT2D eigenvalue weighted by molar-refractivity contribution is 0.102. The van der Waals surface area contributed by atoms with Crippen LogP contribution in [0.2, 0.25) is 0 Å². The molecule has 0 radical (unpaired) electrons. The number of benzene rings is 2. The summed E-state index contributed by atoms with van der Waals surface area (Å²) in [5.74, 6) is -2.24. The third-order valence-electron chi connectivity index (χ3n) is 2.96. The molecule has 20 heavy (non-hydrogen) atoms. The van der Waals surface area contributed by atoms with Crippen LogP contribution in [0.3, 0.4) is 0 Å². The molecule has 0 fully saturated rings. The second kappa shape index (κ2) is 5.79. The average Bonchev–Trinajstić information content (AvgIpc) is 2.41. The highest BCUT2D eigenvalue weighted by atomic mass is 19.1. The standard InChI is InChI=1S/C15H14F2N2O/c1-9-2-3-10(8-18)6-14(9)19-15(20)12-5-4-11(16)7-13(12)17/h2-7H,8,18H2,1H3,(H,19,20). The molecule has 0 aliphatic rings. The van der Waals surface area contributed by atoms with Gasteiger partial charge >= 0.3 is 0 Å². The Morgan fingerprint density at radius 1 is 1.20 bits per heavy atom. The van der Waals surface area contributed by atoms with Gasteiger partial charge in [-0.2, -0.15) is 0 Å². The number of hydrogen-bond donors (Lipinski definition) is 2. The normalized spacial score (nSPS) is 10.4. The van der Waals surface area contributed by atoms with E-state index in [1.54, 1.807) is 6.07 Å². The monoisotopic (exact) mass is 276 g/mol. The third-order valence-corrected chi connectivity index (χ3v) is 2.96. The first kappa shape index (κ1) is 14.1. The van der Waals surface area contributed by atoms with Crippen LogP contribution in [-0.4, -0.2) is 5.91 Å². The van der Waals surface area contributed by atoms with Gasteiger partial charge in [-0.3, -0.25) is 4.79 Å². The summed E-state index contributed by atoms with van der Waals surface area (Å²) in [6.45, 7) is 2.16. The number of halogens is 2. The van der Waals surface area contributed by atoms with Gasteiger partial charge in [0.2, 0.25) is 0 Å². The van der Waals surface area contributed by atoms with Crippen molar-refractivity contribution >= 4 is 11.6 Å². The molecule has 0 saturated heterocycles. The van der Waals surface area contributed by atoms with E-state index in [2.05, 4.69) is 5.32 Å². The Bertz CT molecular complexity index is 656. The summed E-state index contributed by atoms with van der Waals surface area (Å²) >= 11 is 0. The van der Waals surface area contributed by atoms with Crippen molar-refractivity contribution < 1.29 is 13.6 Å². The minimum absolute atomic E-state index is 0.205. The third kappa shape index (κ3) is 3.00. The van der Waals surface area contributed by atoms with Crippen LogP contribution in [0.1, 0.15) is 21.5 Å². The van der Waals surface area contributed by atoms with Gasteiger partial charge in [-0.25, -0.2) is 8.78 Å². The van der Waals surface area contributed by atoms with Gasteiger partial charge in [0.25, 0.3) is 5.91 Å². The summed E-state index contributed by atoms with van der Waals surface area (Å²) in [7, 11) is 0. The van der Waals surface area contributed by atoms with Crippen molar-refractivity contribution in [2.75, 3.05) is 5.32 Å². The molecule has 0 bridgehead atoms. The molecule has 0 unspecified atom stereocenters. The molecule has 0 aliphatic carbocycles. The van der Waals surface area contributed by atoms with E-state index >= 15 is 0 Å². The maximum Gasteiger partial charge on any atom is 0.258 e. The quantitative estimate of drug-likeness (QED) is 0.905. The number of rotatable bonds is 3. The zero-order chi connectivity index (χ0) is 14.7. The SMILES string of the molecule is Cc1ccc(CN)cc1NC(=O)c1ccc(F)cc1F. The lowest BCUT2D eigenvalue weighted by Gasteiger charge is -2.10. The summed E-state index contributed by atoms with van der Waals surface area (Å²) in [4.78, 5) is 12.0. The summed E-state index contributed by atoms with van der Waals surface area (Å²) in [5.41, 5.74) is 7.57. The number of nitrogens with two attached hydrogens (primary N) is 1. The van der Waals surface area contributed by atoms with Crippen molar-refractivity contribution in [2.24, 2.45) is 5.73 Å². The van der Waals surface area contributed by atoms with E-state index in [4.69, 9.17) is 5.73 Å². The molecule has 0 heterocycles. The molecule has 0 aliphatic heterocycles. The molecule has 0 saturated carbocycles. The van der Waals surface area contributed by atoms with Crippen LogP contribution in [0.4, 0.5) is 14.5 Å². The molecule has 5 heteroatoms. The first-order valence-electron chi connectivity index (χ1n) is 6.07. The fraction of sp³-hybridized carbons (Fsp3) is 0.133. The van der Waals surface area contributed by atoms with Crippen molar-refractivity contribution in [1.29, 1.82) is 0 Å². The smallest absolute Gasteiger partial charge is 0.258 e. The predicted octanol–water partition coefficient (Wildman–Crippen LogP) is 2.98. The fourth-order valence-electron chi connectivity index (χ4n) is 1.79. The Balaban J connectivity index is 2.27. The van der Waals surface area contributed by atoms with E-state index in [0.717, 1.165) is 23.3 Å². The van der Waals surface area contributed by atoms with Gasteiger partial charge in [-0.1, -0.05) is 12.1 Å².